The largest absolute Gasteiger partial charge is 0.417 e. The maximum atomic E-state index is 12.5. The van der Waals surface area contributed by atoms with E-state index in [1.54, 1.807) is 0 Å². The third-order valence-corrected chi connectivity index (χ3v) is 2.53. The SMILES string of the molecule is CC.CC.FC(F)(F)c1cncc(N2CCNCC2)c1. The van der Waals surface area contributed by atoms with Crippen LogP contribution in [0.3, 0.4) is 0 Å². The lowest BCUT2D eigenvalue weighted by molar-refractivity contribution is -0.137. The van der Waals surface area contributed by atoms with Crippen LogP contribution in [0.25, 0.3) is 0 Å². The van der Waals surface area contributed by atoms with Gasteiger partial charge in [0.2, 0.25) is 0 Å². The number of halogens is 3. The van der Waals surface area contributed by atoms with Crippen molar-refractivity contribution in [3.8, 4) is 0 Å². The van der Waals surface area contributed by atoms with Gasteiger partial charge in [-0.2, -0.15) is 13.2 Å². The molecule has 0 unspecified atom stereocenters. The van der Waals surface area contributed by atoms with Gasteiger partial charge in [0, 0.05) is 32.4 Å². The highest BCUT2D eigenvalue weighted by molar-refractivity contribution is 5.47. The molecule has 20 heavy (non-hydrogen) atoms. The highest BCUT2D eigenvalue weighted by Crippen LogP contribution is 2.30. The highest BCUT2D eigenvalue weighted by Gasteiger charge is 2.31. The molecule has 0 atom stereocenters. The number of pyridine rings is 1. The van der Waals surface area contributed by atoms with E-state index in [1.807, 2.05) is 32.6 Å². The Bertz CT molecular complexity index is 361. The third-order valence-electron chi connectivity index (χ3n) is 2.53. The molecule has 1 aliphatic rings. The van der Waals surface area contributed by atoms with E-state index in [-0.39, 0.29) is 0 Å². The maximum Gasteiger partial charge on any atom is 0.417 e. The van der Waals surface area contributed by atoms with Crippen molar-refractivity contribution in [2.75, 3.05) is 31.1 Å². The Labute approximate surface area is 119 Å². The van der Waals surface area contributed by atoms with Crippen LogP contribution in [0.15, 0.2) is 18.5 Å². The van der Waals surface area contributed by atoms with E-state index in [0.717, 1.165) is 25.4 Å². The molecule has 1 fully saturated rings. The Morgan fingerprint density at radius 3 is 2.10 bits per heavy atom. The number of anilines is 1. The molecule has 1 aliphatic heterocycles. The maximum absolute atomic E-state index is 12.5. The summed E-state index contributed by atoms with van der Waals surface area (Å²) in [7, 11) is 0. The zero-order valence-electron chi connectivity index (χ0n) is 12.6. The van der Waals surface area contributed by atoms with E-state index >= 15 is 0 Å². The summed E-state index contributed by atoms with van der Waals surface area (Å²) in [5, 5.41) is 3.15. The lowest BCUT2D eigenvalue weighted by Crippen LogP contribution is -2.43. The van der Waals surface area contributed by atoms with Gasteiger partial charge in [0.1, 0.15) is 0 Å². The molecule has 1 saturated heterocycles. The Hall–Kier alpha value is -1.30. The van der Waals surface area contributed by atoms with Gasteiger partial charge in [-0.15, -0.1) is 0 Å². The fourth-order valence-electron chi connectivity index (χ4n) is 1.68. The Morgan fingerprint density at radius 1 is 1.05 bits per heavy atom. The first kappa shape index (κ1) is 18.7. The summed E-state index contributed by atoms with van der Waals surface area (Å²) in [5.74, 6) is 0. The van der Waals surface area contributed by atoms with Gasteiger partial charge in [-0.25, -0.2) is 0 Å². The molecule has 0 radical (unpaired) electrons. The molecule has 0 spiro atoms. The van der Waals surface area contributed by atoms with E-state index in [2.05, 4.69) is 10.3 Å². The lowest BCUT2D eigenvalue weighted by Gasteiger charge is -2.29. The van der Waals surface area contributed by atoms with Gasteiger partial charge in [0.25, 0.3) is 0 Å². The predicted molar refractivity (Wildman–Crippen MR) is 77.0 cm³/mol. The van der Waals surface area contributed by atoms with E-state index in [4.69, 9.17) is 0 Å². The zero-order valence-corrected chi connectivity index (χ0v) is 12.6. The fraction of sp³-hybridized carbons (Fsp3) is 0.643. The van der Waals surface area contributed by atoms with Gasteiger partial charge in [0.05, 0.1) is 17.4 Å². The van der Waals surface area contributed by atoms with Gasteiger partial charge in [0.15, 0.2) is 0 Å². The second-order valence-corrected chi connectivity index (χ2v) is 3.67. The van der Waals surface area contributed by atoms with Crippen LogP contribution >= 0.6 is 0 Å². The molecule has 0 aromatic carbocycles. The Morgan fingerprint density at radius 2 is 1.60 bits per heavy atom. The van der Waals surface area contributed by atoms with Crippen molar-refractivity contribution in [3.63, 3.8) is 0 Å². The van der Waals surface area contributed by atoms with Crippen LogP contribution < -0.4 is 10.2 Å². The Balaban J connectivity index is 0.000000829. The molecule has 1 aromatic rings. The molecule has 6 heteroatoms. The van der Waals surface area contributed by atoms with E-state index in [1.165, 1.54) is 6.20 Å². The van der Waals surface area contributed by atoms with Crippen molar-refractivity contribution in [2.24, 2.45) is 0 Å². The van der Waals surface area contributed by atoms with Crippen molar-refractivity contribution >= 4 is 5.69 Å². The van der Waals surface area contributed by atoms with E-state index in [9.17, 15) is 13.2 Å². The number of hydrogen-bond donors (Lipinski definition) is 1. The number of aromatic nitrogens is 1. The van der Waals surface area contributed by atoms with Crippen LogP contribution in [0.5, 0.6) is 0 Å². The molecule has 116 valence electrons. The molecule has 0 amide bonds. The lowest BCUT2D eigenvalue weighted by atomic mass is 10.2. The van der Waals surface area contributed by atoms with Gasteiger partial charge >= 0.3 is 6.18 Å². The second kappa shape index (κ2) is 9.58. The summed E-state index contributed by atoms with van der Waals surface area (Å²) < 4.78 is 37.4. The van der Waals surface area contributed by atoms with Gasteiger partial charge in [-0.3, -0.25) is 4.98 Å². The Kier molecular flexibility index (Phi) is 8.96. The number of piperazine rings is 1. The normalized spacial score (nSPS) is 14.7. The van der Waals surface area contributed by atoms with Crippen molar-refractivity contribution in [3.05, 3.63) is 24.0 Å². The molecule has 3 nitrogen and oxygen atoms in total. The minimum atomic E-state index is -4.32. The van der Waals surface area contributed by atoms with Crippen molar-refractivity contribution in [1.29, 1.82) is 0 Å². The molecule has 0 bridgehead atoms. The molecule has 1 N–H and O–H groups in total. The summed E-state index contributed by atoms with van der Waals surface area (Å²) in [6.07, 6.45) is -2.00. The average molecular weight is 291 g/mol. The third kappa shape index (κ3) is 5.77. The molecule has 1 aromatic heterocycles. The summed E-state index contributed by atoms with van der Waals surface area (Å²) in [6, 6.07) is 1.15. The van der Waals surface area contributed by atoms with Crippen LogP contribution in [0, 0.1) is 0 Å². The number of hydrogen-bond acceptors (Lipinski definition) is 3. The predicted octanol–water partition coefficient (Wildman–Crippen LogP) is 3.56. The molecular weight excluding hydrogens is 267 g/mol. The minimum Gasteiger partial charge on any atom is -0.368 e. The standard InChI is InChI=1S/C10H12F3N3.2C2H6/c11-10(12,13)8-5-9(7-15-6-8)16-3-1-14-2-4-16;2*1-2/h5-7,14H,1-4H2;2*1-2H3. The van der Waals surface area contributed by atoms with Crippen LogP contribution in [0.4, 0.5) is 18.9 Å². The first-order valence-electron chi connectivity index (χ1n) is 7.05. The summed E-state index contributed by atoms with van der Waals surface area (Å²) in [6.45, 7) is 11.0. The van der Waals surface area contributed by atoms with Crippen LogP contribution in [0.1, 0.15) is 33.3 Å². The first-order chi connectivity index (χ1) is 9.57. The average Bonchev–Trinajstić information content (AvgIpc) is 2.51. The second-order valence-electron chi connectivity index (χ2n) is 3.67. The minimum absolute atomic E-state index is 0.538. The van der Waals surface area contributed by atoms with E-state index in [0.29, 0.717) is 18.8 Å². The smallest absolute Gasteiger partial charge is 0.368 e. The quantitative estimate of drug-likeness (QED) is 0.857. The van der Waals surface area contributed by atoms with Crippen LogP contribution in [0.2, 0.25) is 0 Å². The van der Waals surface area contributed by atoms with Crippen LogP contribution in [-0.4, -0.2) is 31.2 Å². The topological polar surface area (TPSA) is 28.2 Å². The van der Waals surface area contributed by atoms with Gasteiger partial charge < -0.3 is 10.2 Å². The van der Waals surface area contributed by atoms with Crippen molar-refractivity contribution in [2.45, 2.75) is 33.9 Å². The van der Waals surface area contributed by atoms with Gasteiger partial charge in [-0.05, 0) is 6.07 Å². The molecule has 2 heterocycles. The van der Waals surface area contributed by atoms with Gasteiger partial charge in [-0.1, -0.05) is 27.7 Å². The highest BCUT2D eigenvalue weighted by atomic mass is 19.4. The molecule has 0 saturated carbocycles. The monoisotopic (exact) mass is 291 g/mol. The number of alkyl halides is 3. The first-order valence-corrected chi connectivity index (χ1v) is 7.05. The van der Waals surface area contributed by atoms with Crippen molar-refractivity contribution in [1.82, 2.24) is 10.3 Å². The summed E-state index contributed by atoms with van der Waals surface area (Å²) in [4.78, 5) is 5.55. The molecule has 2 rings (SSSR count). The number of nitrogens with one attached hydrogen (secondary N) is 1. The number of rotatable bonds is 1. The van der Waals surface area contributed by atoms with Crippen LogP contribution in [-0.2, 0) is 6.18 Å². The molecule has 0 aliphatic carbocycles. The zero-order chi connectivity index (χ0) is 15.6. The van der Waals surface area contributed by atoms with E-state index < -0.39 is 11.7 Å². The fourth-order valence-corrected chi connectivity index (χ4v) is 1.68. The van der Waals surface area contributed by atoms with Crippen molar-refractivity contribution < 1.29 is 13.2 Å². The molecular formula is C14H24F3N3. The number of nitrogens with zero attached hydrogens (tertiary/aromatic N) is 2. The summed E-state index contributed by atoms with van der Waals surface area (Å²) >= 11 is 0. The summed E-state index contributed by atoms with van der Waals surface area (Å²) in [5.41, 5.74) is -0.153.